The molecule has 1 N–H and O–H groups in total. The van der Waals surface area contributed by atoms with Crippen molar-refractivity contribution in [3.8, 4) is 5.75 Å². The minimum atomic E-state index is -3.80. The number of rotatable bonds is 6. The van der Waals surface area contributed by atoms with Crippen molar-refractivity contribution in [2.75, 3.05) is 29.6 Å². The van der Waals surface area contributed by atoms with Gasteiger partial charge in [-0.05, 0) is 52.7 Å². The fourth-order valence-corrected chi connectivity index (χ4v) is 4.44. The normalized spacial score (nSPS) is 16.9. The van der Waals surface area contributed by atoms with E-state index in [0.29, 0.717) is 28.1 Å². The zero-order valence-electron chi connectivity index (χ0n) is 17.2. The van der Waals surface area contributed by atoms with Gasteiger partial charge in [0.1, 0.15) is 11.6 Å². The van der Waals surface area contributed by atoms with E-state index in [9.17, 15) is 17.8 Å². The molecule has 1 saturated heterocycles. The lowest BCUT2D eigenvalue weighted by molar-refractivity contribution is -0.0964. The number of hydrogen-bond donors (Lipinski definition) is 1. The van der Waals surface area contributed by atoms with Crippen molar-refractivity contribution in [3.63, 3.8) is 0 Å². The molecule has 1 aromatic heterocycles. The van der Waals surface area contributed by atoms with E-state index in [1.54, 1.807) is 12.3 Å². The number of benzene rings is 1. The highest BCUT2D eigenvalue weighted by atomic mass is 79.9. The summed E-state index contributed by atoms with van der Waals surface area (Å²) in [4.78, 5) is 18.9. The lowest BCUT2D eigenvalue weighted by Gasteiger charge is -2.19. The number of halogens is 4. The van der Waals surface area contributed by atoms with Crippen LogP contribution in [-0.4, -0.2) is 45.3 Å². The zero-order chi connectivity index (χ0) is 23.2. The van der Waals surface area contributed by atoms with Crippen LogP contribution in [0.4, 0.5) is 20.3 Å². The number of anilines is 2. The van der Waals surface area contributed by atoms with Crippen molar-refractivity contribution in [1.29, 1.82) is 0 Å². The predicted octanol–water partition coefficient (Wildman–Crippen LogP) is 5.25. The molecule has 31 heavy (non-hydrogen) atoms. The van der Waals surface area contributed by atoms with E-state index < -0.39 is 22.3 Å². The number of carbonyl (C=O) groups is 1. The van der Waals surface area contributed by atoms with E-state index in [0.717, 1.165) is 13.0 Å². The largest absolute Gasteiger partial charge is 0.487 e. The van der Waals surface area contributed by atoms with E-state index in [1.165, 1.54) is 30.5 Å². The molecule has 0 aliphatic carbocycles. The predicted molar refractivity (Wildman–Crippen MR) is 124 cm³/mol. The molecule has 3 rings (SSSR count). The topological polar surface area (TPSA) is 71.5 Å². The second kappa shape index (κ2) is 11.2. The standard InChI is InChI=1S/C18H17BrClF2N3O3S.C2H6/c1-29(27)14-6-7-25(10-14)16-15(19)8-11(9-23-16)17(26)24-12-2-4-13(5-3-12)28-18(20,21)22;1-2/h2-5,8-9,14H,6-7,10H2,1H3,(H,24,26);1-2H3/t14-,29?;/m0./s1. The Bertz CT molecular complexity index is 929. The molecule has 0 radical (unpaired) electrons. The first-order valence-corrected chi connectivity index (χ1v) is 12.3. The van der Waals surface area contributed by atoms with Gasteiger partial charge in [-0.1, -0.05) is 13.8 Å². The maximum absolute atomic E-state index is 12.6. The highest BCUT2D eigenvalue weighted by Crippen LogP contribution is 2.29. The molecule has 1 amide bonds. The minimum absolute atomic E-state index is 0.109. The van der Waals surface area contributed by atoms with Crippen LogP contribution in [0.15, 0.2) is 41.0 Å². The summed E-state index contributed by atoms with van der Waals surface area (Å²) in [5.41, 5.74) is -3.08. The van der Waals surface area contributed by atoms with E-state index in [1.807, 2.05) is 18.7 Å². The first-order valence-electron chi connectivity index (χ1n) is 9.52. The average molecular weight is 539 g/mol. The molecule has 1 fully saturated rings. The molecule has 1 unspecified atom stereocenters. The second-order valence-corrected chi connectivity index (χ2v) is 9.37. The molecule has 1 aliphatic rings. The third-order valence-corrected chi connectivity index (χ3v) is 6.33. The number of nitrogens with zero attached hydrogens (tertiary/aromatic N) is 2. The second-order valence-electron chi connectivity index (χ2n) is 6.41. The minimum Gasteiger partial charge on any atom is -0.420 e. The lowest BCUT2D eigenvalue weighted by Crippen LogP contribution is -2.24. The third-order valence-electron chi connectivity index (χ3n) is 4.34. The van der Waals surface area contributed by atoms with Crippen molar-refractivity contribution in [3.05, 3.63) is 46.6 Å². The smallest absolute Gasteiger partial charge is 0.420 e. The van der Waals surface area contributed by atoms with Gasteiger partial charge in [0.15, 0.2) is 0 Å². The van der Waals surface area contributed by atoms with Gasteiger partial charge in [-0.2, -0.15) is 0 Å². The quantitative estimate of drug-likeness (QED) is 0.509. The van der Waals surface area contributed by atoms with Crippen molar-refractivity contribution in [2.45, 2.75) is 31.1 Å². The maximum Gasteiger partial charge on any atom is 0.487 e. The van der Waals surface area contributed by atoms with Crippen LogP contribution in [0.3, 0.4) is 0 Å². The maximum atomic E-state index is 12.6. The Hall–Kier alpha value is -1.78. The summed E-state index contributed by atoms with van der Waals surface area (Å²) in [5, 5.41) is 2.77. The molecular formula is C20H23BrClF2N3O3S. The van der Waals surface area contributed by atoms with Gasteiger partial charge in [0.2, 0.25) is 0 Å². The summed E-state index contributed by atoms with van der Waals surface area (Å²) >= 11 is 8.16. The van der Waals surface area contributed by atoms with Crippen LogP contribution in [0, 0.1) is 0 Å². The number of pyridine rings is 1. The molecule has 1 aromatic carbocycles. The summed E-state index contributed by atoms with van der Waals surface area (Å²) in [6.45, 7) is 5.40. The Labute approximate surface area is 195 Å². The summed E-state index contributed by atoms with van der Waals surface area (Å²) in [5.74, 6) is 0.154. The monoisotopic (exact) mass is 537 g/mol. The SMILES string of the molecule is CC.CS(=O)[C@H]1CCN(c2ncc(C(=O)Nc3ccc(OC(F)(F)Cl)cc3)cc2Br)C1. The molecule has 0 bridgehead atoms. The van der Waals surface area contributed by atoms with Crippen LogP contribution >= 0.6 is 27.5 Å². The summed E-state index contributed by atoms with van der Waals surface area (Å²) < 4.78 is 41.8. The first kappa shape index (κ1) is 25.5. The fourth-order valence-electron chi connectivity index (χ4n) is 2.92. The average Bonchev–Trinajstić information content (AvgIpc) is 3.20. The van der Waals surface area contributed by atoms with E-state index in [-0.39, 0.29) is 11.0 Å². The molecular weight excluding hydrogens is 516 g/mol. The molecule has 6 nitrogen and oxygen atoms in total. The number of alkyl halides is 3. The van der Waals surface area contributed by atoms with Gasteiger partial charge < -0.3 is 15.0 Å². The van der Waals surface area contributed by atoms with E-state index in [2.05, 4.69) is 31.0 Å². The molecule has 1 aliphatic heterocycles. The molecule has 2 heterocycles. The Balaban J connectivity index is 0.00000166. The zero-order valence-corrected chi connectivity index (χ0v) is 20.4. The number of aromatic nitrogens is 1. The van der Waals surface area contributed by atoms with Crippen LogP contribution in [0.1, 0.15) is 30.6 Å². The van der Waals surface area contributed by atoms with Crippen molar-refractivity contribution >= 4 is 55.7 Å². The van der Waals surface area contributed by atoms with Gasteiger partial charge >= 0.3 is 5.57 Å². The third kappa shape index (κ3) is 7.40. The molecule has 0 spiro atoms. The Morgan fingerprint density at radius 1 is 1.35 bits per heavy atom. The van der Waals surface area contributed by atoms with Gasteiger partial charge in [0.25, 0.3) is 5.91 Å². The Morgan fingerprint density at radius 3 is 2.52 bits per heavy atom. The van der Waals surface area contributed by atoms with Crippen LogP contribution in [-0.2, 0) is 10.8 Å². The number of ether oxygens (including phenoxy) is 1. The van der Waals surface area contributed by atoms with Gasteiger partial charge in [-0.3, -0.25) is 9.00 Å². The molecule has 2 aromatic rings. The van der Waals surface area contributed by atoms with Crippen molar-refractivity contribution in [1.82, 2.24) is 4.98 Å². The van der Waals surface area contributed by atoms with Crippen LogP contribution in [0.2, 0.25) is 0 Å². The van der Waals surface area contributed by atoms with E-state index in [4.69, 9.17) is 11.6 Å². The fraction of sp³-hybridized carbons (Fsp3) is 0.400. The van der Waals surface area contributed by atoms with Gasteiger partial charge in [-0.25, -0.2) is 4.98 Å². The van der Waals surface area contributed by atoms with Crippen molar-refractivity contribution in [2.24, 2.45) is 0 Å². The van der Waals surface area contributed by atoms with Crippen LogP contribution in [0.5, 0.6) is 5.75 Å². The lowest BCUT2D eigenvalue weighted by atomic mass is 10.2. The number of carbonyl (C=O) groups excluding carboxylic acids is 1. The van der Waals surface area contributed by atoms with Gasteiger partial charge in [0.05, 0.1) is 15.3 Å². The van der Waals surface area contributed by atoms with E-state index >= 15 is 0 Å². The highest BCUT2D eigenvalue weighted by Gasteiger charge is 2.28. The molecule has 11 heteroatoms. The molecule has 170 valence electrons. The Morgan fingerprint density at radius 2 is 2.00 bits per heavy atom. The Kier molecular flexibility index (Phi) is 9.20. The van der Waals surface area contributed by atoms with Crippen LogP contribution < -0.4 is 15.0 Å². The summed E-state index contributed by atoms with van der Waals surface area (Å²) in [6.07, 6.45) is 3.98. The summed E-state index contributed by atoms with van der Waals surface area (Å²) in [7, 11) is -0.891. The summed E-state index contributed by atoms with van der Waals surface area (Å²) in [6, 6.07) is 7.03. The van der Waals surface area contributed by atoms with Crippen LogP contribution in [0.25, 0.3) is 0 Å². The molecule has 2 atom stereocenters. The highest BCUT2D eigenvalue weighted by molar-refractivity contribution is 9.10. The van der Waals surface area contributed by atoms with Crippen molar-refractivity contribution < 1.29 is 22.5 Å². The number of amides is 1. The van der Waals surface area contributed by atoms with Gasteiger partial charge in [-0.15, -0.1) is 8.78 Å². The molecule has 0 saturated carbocycles. The number of hydrogen-bond acceptors (Lipinski definition) is 5. The van der Waals surface area contributed by atoms with Gasteiger partial charge in [0, 0.05) is 53.6 Å². The number of nitrogens with one attached hydrogen (secondary N) is 1. The first-order chi connectivity index (χ1) is 14.6.